The van der Waals surface area contributed by atoms with Gasteiger partial charge in [-0.25, -0.2) is 4.98 Å². The van der Waals surface area contributed by atoms with E-state index in [4.69, 9.17) is 16.3 Å². The van der Waals surface area contributed by atoms with Crippen molar-refractivity contribution in [1.82, 2.24) is 20.1 Å². The highest BCUT2D eigenvalue weighted by Crippen LogP contribution is 2.24. The van der Waals surface area contributed by atoms with Crippen LogP contribution in [-0.4, -0.2) is 44.3 Å². The van der Waals surface area contributed by atoms with E-state index < -0.39 is 0 Å². The Hall–Kier alpha value is -1.73. The zero-order chi connectivity index (χ0) is 19.1. The number of nitrogens with one attached hydrogen (secondary N) is 1. The highest BCUT2D eigenvalue weighted by atomic mass is 35.5. The molecule has 146 valence electrons. The van der Waals surface area contributed by atoms with Crippen LogP contribution < -0.4 is 4.74 Å². The average molecular weight is 409 g/mol. The van der Waals surface area contributed by atoms with Gasteiger partial charge in [0.25, 0.3) is 0 Å². The summed E-state index contributed by atoms with van der Waals surface area (Å²) in [6, 6.07) is 7.55. The topological polar surface area (TPSA) is 71.1 Å². The van der Waals surface area contributed by atoms with Crippen LogP contribution in [0.1, 0.15) is 44.9 Å². The van der Waals surface area contributed by atoms with Crippen LogP contribution in [0.2, 0.25) is 5.02 Å². The number of carbonyl (C=O) groups excluding carboxylic acids is 1. The van der Waals surface area contributed by atoms with Gasteiger partial charge in [0.15, 0.2) is 5.82 Å². The van der Waals surface area contributed by atoms with Gasteiger partial charge in [0, 0.05) is 17.6 Å². The maximum absolute atomic E-state index is 12.6. The predicted molar refractivity (Wildman–Crippen MR) is 107 cm³/mol. The largest absolute Gasteiger partial charge is 0.486 e. The second-order valence-electron chi connectivity index (χ2n) is 6.57. The van der Waals surface area contributed by atoms with E-state index in [0.717, 1.165) is 19.4 Å². The average Bonchev–Trinajstić information content (AvgIpc) is 3.15. The second kappa shape index (κ2) is 9.99. The molecular weight excluding hydrogens is 384 g/mol. The molecule has 1 aromatic heterocycles. The highest BCUT2D eigenvalue weighted by Gasteiger charge is 2.24. The molecule has 1 aliphatic carbocycles. The summed E-state index contributed by atoms with van der Waals surface area (Å²) in [5, 5.41) is 8.26. The molecule has 0 unspecified atom stereocenters. The smallest absolute Gasteiger partial charge is 0.233 e. The van der Waals surface area contributed by atoms with Crippen molar-refractivity contribution in [3.05, 3.63) is 35.1 Å². The molecule has 6 nitrogen and oxygen atoms in total. The van der Waals surface area contributed by atoms with Crippen molar-refractivity contribution in [2.45, 2.75) is 56.8 Å². The Morgan fingerprint density at radius 3 is 2.74 bits per heavy atom. The third-order valence-corrected chi connectivity index (χ3v) is 5.79. The molecule has 1 N–H and O–H groups in total. The van der Waals surface area contributed by atoms with Gasteiger partial charge in [-0.3, -0.25) is 9.89 Å². The van der Waals surface area contributed by atoms with Gasteiger partial charge in [0.05, 0.1) is 5.75 Å². The van der Waals surface area contributed by atoms with Crippen LogP contribution >= 0.6 is 23.4 Å². The first-order chi connectivity index (χ1) is 13.2. The van der Waals surface area contributed by atoms with Crippen molar-refractivity contribution >= 4 is 29.3 Å². The van der Waals surface area contributed by atoms with E-state index in [2.05, 4.69) is 22.1 Å². The van der Waals surface area contributed by atoms with E-state index in [1.165, 1.54) is 31.0 Å². The standard InChI is InChI=1S/C19H25ClN4O2S/c1-2-24(15-6-4-3-5-7-15)18(25)13-27-19-21-17(22-23-19)12-26-16-10-8-14(20)9-11-16/h8-11,15H,2-7,12-13H2,1H3,(H,21,22,23). The first kappa shape index (κ1) is 20.0. The normalized spacial score (nSPS) is 14.9. The van der Waals surface area contributed by atoms with E-state index in [-0.39, 0.29) is 12.5 Å². The minimum Gasteiger partial charge on any atom is -0.486 e. The van der Waals surface area contributed by atoms with E-state index in [1.807, 2.05) is 4.90 Å². The van der Waals surface area contributed by atoms with Crippen LogP contribution in [0.4, 0.5) is 0 Å². The van der Waals surface area contributed by atoms with Gasteiger partial charge in [0.1, 0.15) is 12.4 Å². The molecule has 1 aromatic carbocycles. The van der Waals surface area contributed by atoms with E-state index in [9.17, 15) is 4.79 Å². The molecule has 27 heavy (non-hydrogen) atoms. The number of amides is 1. The van der Waals surface area contributed by atoms with Crippen molar-refractivity contribution in [2.75, 3.05) is 12.3 Å². The van der Waals surface area contributed by atoms with Crippen LogP contribution in [0.3, 0.4) is 0 Å². The quantitative estimate of drug-likeness (QED) is 0.659. The Labute approximate surface area is 169 Å². The Bertz CT molecular complexity index is 732. The number of ether oxygens (including phenoxy) is 1. The molecule has 0 radical (unpaired) electrons. The third-order valence-electron chi connectivity index (χ3n) is 4.70. The number of nitrogens with zero attached hydrogens (tertiary/aromatic N) is 3. The maximum atomic E-state index is 12.6. The van der Waals surface area contributed by atoms with Gasteiger partial charge in [0.2, 0.25) is 11.1 Å². The second-order valence-corrected chi connectivity index (χ2v) is 7.95. The lowest BCUT2D eigenvalue weighted by Crippen LogP contribution is -2.42. The summed E-state index contributed by atoms with van der Waals surface area (Å²) in [5.41, 5.74) is 0. The summed E-state index contributed by atoms with van der Waals surface area (Å²) < 4.78 is 5.64. The molecule has 0 bridgehead atoms. The Morgan fingerprint density at radius 2 is 2.04 bits per heavy atom. The molecular formula is C19H25ClN4O2S. The molecule has 1 saturated carbocycles. The van der Waals surface area contributed by atoms with E-state index in [0.29, 0.717) is 33.5 Å². The molecule has 1 heterocycles. The van der Waals surface area contributed by atoms with Crippen LogP contribution in [0.5, 0.6) is 5.75 Å². The molecule has 2 aromatic rings. The molecule has 3 rings (SSSR count). The predicted octanol–water partition coefficient (Wildman–Crippen LogP) is 4.31. The number of rotatable bonds is 8. The summed E-state index contributed by atoms with van der Waals surface area (Å²) in [5.74, 6) is 1.86. The molecule has 8 heteroatoms. The fourth-order valence-corrected chi connectivity index (χ4v) is 4.16. The maximum Gasteiger partial charge on any atom is 0.233 e. The van der Waals surface area contributed by atoms with Crippen LogP contribution in [0, 0.1) is 0 Å². The molecule has 1 amide bonds. The number of hydrogen-bond donors (Lipinski definition) is 1. The Morgan fingerprint density at radius 1 is 1.30 bits per heavy atom. The third kappa shape index (κ3) is 5.87. The monoisotopic (exact) mass is 408 g/mol. The minimum absolute atomic E-state index is 0.165. The summed E-state index contributed by atoms with van der Waals surface area (Å²) in [6.45, 7) is 3.10. The van der Waals surface area contributed by atoms with Gasteiger partial charge >= 0.3 is 0 Å². The molecule has 0 spiro atoms. The zero-order valence-electron chi connectivity index (χ0n) is 15.5. The molecule has 0 atom stereocenters. The van der Waals surface area contributed by atoms with Crippen LogP contribution in [0.25, 0.3) is 0 Å². The number of halogens is 1. The van der Waals surface area contributed by atoms with Gasteiger partial charge in [-0.2, -0.15) is 0 Å². The fourth-order valence-electron chi connectivity index (χ4n) is 3.33. The molecule has 1 aliphatic rings. The number of aromatic amines is 1. The Balaban J connectivity index is 1.46. The number of benzene rings is 1. The lowest BCUT2D eigenvalue weighted by molar-refractivity contribution is -0.131. The minimum atomic E-state index is 0.165. The number of hydrogen-bond acceptors (Lipinski definition) is 5. The van der Waals surface area contributed by atoms with E-state index >= 15 is 0 Å². The fraction of sp³-hybridized carbons (Fsp3) is 0.526. The van der Waals surface area contributed by atoms with E-state index in [1.54, 1.807) is 24.3 Å². The van der Waals surface area contributed by atoms with Crippen molar-refractivity contribution in [1.29, 1.82) is 0 Å². The van der Waals surface area contributed by atoms with Gasteiger partial charge in [-0.05, 0) is 44.0 Å². The lowest BCUT2D eigenvalue weighted by Gasteiger charge is -2.33. The van der Waals surface area contributed by atoms with Crippen molar-refractivity contribution in [3.8, 4) is 5.75 Å². The van der Waals surface area contributed by atoms with Gasteiger partial charge in [-0.1, -0.05) is 42.6 Å². The van der Waals surface area contributed by atoms with Crippen LogP contribution in [-0.2, 0) is 11.4 Å². The zero-order valence-corrected chi connectivity index (χ0v) is 17.1. The first-order valence-corrected chi connectivity index (χ1v) is 10.7. The van der Waals surface area contributed by atoms with Crippen molar-refractivity contribution in [2.24, 2.45) is 0 Å². The molecule has 1 fully saturated rings. The molecule has 0 aliphatic heterocycles. The molecule has 0 saturated heterocycles. The Kier molecular flexibility index (Phi) is 7.41. The number of H-pyrrole nitrogens is 1. The van der Waals surface area contributed by atoms with Crippen LogP contribution in [0.15, 0.2) is 29.4 Å². The first-order valence-electron chi connectivity index (χ1n) is 9.37. The highest BCUT2D eigenvalue weighted by molar-refractivity contribution is 7.99. The van der Waals surface area contributed by atoms with Gasteiger partial charge in [-0.15, -0.1) is 5.10 Å². The summed E-state index contributed by atoms with van der Waals surface area (Å²) in [4.78, 5) is 19.0. The number of thioether (sulfide) groups is 1. The SMILES string of the molecule is CCN(C(=O)CSc1n[nH]c(COc2ccc(Cl)cc2)n1)C1CCCCC1. The summed E-state index contributed by atoms with van der Waals surface area (Å²) in [7, 11) is 0. The van der Waals surface area contributed by atoms with Gasteiger partial charge < -0.3 is 9.64 Å². The van der Waals surface area contributed by atoms with Crippen molar-refractivity contribution in [3.63, 3.8) is 0 Å². The summed E-state index contributed by atoms with van der Waals surface area (Å²) >= 11 is 7.22. The lowest BCUT2D eigenvalue weighted by atomic mass is 9.94. The number of aromatic nitrogens is 3. The number of carbonyl (C=O) groups is 1. The summed E-state index contributed by atoms with van der Waals surface area (Å²) in [6.07, 6.45) is 5.97. The van der Waals surface area contributed by atoms with Crippen molar-refractivity contribution < 1.29 is 9.53 Å².